The van der Waals surface area contributed by atoms with Crippen molar-refractivity contribution in [3.8, 4) is 0 Å². The highest BCUT2D eigenvalue weighted by Crippen LogP contribution is 2.20. The van der Waals surface area contributed by atoms with E-state index in [4.69, 9.17) is 4.74 Å². The summed E-state index contributed by atoms with van der Waals surface area (Å²) in [5.74, 6) is -1.31. The van der Waals surface area contributed by atoms with Gasteiger partial charge in [-0.05, 0) is 36.2 Å². The number of nitrogens with one attached hydrogen (secondary N) is 1. The van der Waals surface area contributed by atoms with Crippen LogP contribution in [0.25, 0.3) is 0 Å². The lowest BCUT2D eigenvalue weighted by Gasteiger charge is -2.16. The summed E-state index contributed by atoms with van der Waals surface area (Å²) in [6.45, 7) is 0.649. The fraction of sp³-hybridized carbons (Fsp3) is 0.185. The largest absolute Gasteiger partial charge is 0.452 e. The maximum Gasteiger partial charge on any atom is 0.338 e. The van der Waals surface area contributed by atoms with Crippen molar-refractivity contribution in [3.63, 3.8) is 0 Å². The summed E-state index contributed by atoms with van der Waals surface area (Å²) in [4.78, 5) is 51.3. The van der Waals surface area contributed by atoms with Gasteiger partial charge in [-0.2, -0.15) is 0 Å². The highest BCUT2D eigenvalue weighted by Gasteiger charge is 2.21. The monoisotopic (exact) mass is 456 g/mol. The lowest BCUT2D eigenvalue weighted by molar-refractivity contribution is -0.128. The molecule has 172 valence electrons. The molecule has 7 nitrogen and oxygen atoms in total. The summed E-state index contributed by atoms with van der Waals surface area (Å²) in [7, 11) is 0. The van der Waals surface area contributed by atoms with E-state index in [1.54, 1.807) is 71.6 Å². The van der Waals surface area contributed by atoms with Crippen molar-refractivity contribution in [3.05, 3.63) is 101 Å². The molecule has 4 rings (SSSR count). The minimum atomic E-state index is -0.640. The highest BCUT2D eigenvalue weighted by molar-refractivity contribution is 6.14. The number of carbonyl (C=O) groups excluding carboxylic acids is 4. The average Bonchev–Trinajstić information content (AvgIpc) is 3.27. The molecule has 1 fully saturated rings. The number of carbonyl (C=O) groups is 4. The number of esters is 1. The van der Waals surface area contributed by atoms with E-state index < -0.39 is 18.5 Å². The van der Waals surface area contributed by atoms with E-state index in [9.17, 15) is 19.2 Å². The van der Waals surface area contributed by atoms with Gasteiger partial charge in [0.2, 0.25) is 5.91 Å². The third kappa shape index (κ3) is 5.56. The van der Waals surface area contributed by atoms with Crippen molar-refractivity contribution in [2.75, 3.05) is 18.5 Å². The molecule has 7 heteroatoms. The Balaban J connectivity index is 1.36. The smallest absolute Gasteiger partial charge is 0.338 e. The first-order chi connectivity index (χ1) is 16.5. The zero-order chi connectivity index (χ0) is 23.9. The first-order valence-corrected chi connectivity index (χ1v) is 11.0. The number of likely N-dealkylation sites (tertiary alicyclic amines) is 1. The van der Waals surface area contributed by atoms with Crippen molar-refractivity contribution in [1.29, 1.82) is 0 Å². The van der Waals surface area contributed by atoms with Crippen molar-refractivity contribution in [2.24, 2.45) is 0 Å². The van der Waals surface area contributed by atoms with Crippen LogP contribution in [0.3, 0.4) is 0 Å². The Labute approximate surface area is 197 Å². The summed E-state index contributed by atoms with van der Waals surface area (Å²) < 4.78 is 5.18. The molecular formula is C27H24N2O5. The molecule has 1 saturated heterocycles. The van der Waals surface area contributed by atoms with E-state index in [0.29, 0.717) is 41.9 Å². The number of hydrogen-bond acceptors (Lipinski definition) is 5. The van der Waals surface area contributed by atoms with Gasteiger partial charge in [0.1, 0.15) is 0 Å². The highest BCUT2D eigenvalue weighted by atomic mass is 16.5. The number of ether oxygens (including phenoxy) is 1. The van der Waals surface area contributed by atoms with E-state index in [0.717, 1.165) is 12.0 Å². The second-order valence-electron chi connectivity index (χ2n) is 7.98. The molecule has 1 heterocycles. The molecule has 34 heavy (non-hydrogen) atoms. The summed E-state index contributed by atoms with van der Waals surface area (Å²) in [5.41, 5.74) is 2.32. The quantitative estimate of drug-likeness (QED) is 0.411. The van der Waals surface area contributed by atoms with Gasteiger partial charge in [-0.1, -0.05) is 54.6 Å². The predicted molar refractivity (Wildman–Crippen MR) is 126 cm³/mol. The van der Waals surface area contributed by atoms with Crippen molar-refractivity contribution in [1.82, 2.24) is 4.90 Å². The van der Waals surface area contributed by atoms with Gasteiger partial charge in [-0.3, -0.25) is 14.4 Å². The topological polar surface area (TPSA) is 92.8 Å². The Morgan fingerprint density at radius 2 is 1.62 bits per heavy atom. The first-order valence-electron chi connectivity index (χ1n) is 11.0. The van der Waals surface area contributed by atoms with Crippen LogP contribution < -0.4 is 5.32 Å². The fourth-order valence-electron chi connectivity index (χ4n) is 3.82. The van der Waals surface area contributed by atoms with Crippen LogP contribution in [-0.2, 0) is 20.9 Å². The average molecular weight is 456 g/mol. The van der Waals surface area contributed by atoms with Gasteiger partial charge in [0.15, 0.2) is 12.4 Å². The Kier molecular flexibility index (Phi) is 7.13. The molecule has 1 N–H and O–H groups in total. The summed E-state index contributed by atoms with van der Waals surface area (Å²) in [6, 6.07) is 22.3. The van der Waals surface area contributed by atoms with Crippen LogP contribution in [0.4, 0.5) is 5.69 Å². The van der Waals surface area contributed by atoms with Crippen LogP contribution in [0.15, 0.2) is 78.9 Å². The molecule has 0 spiro atoms. The summed E-state index contributed by atoms with van der Waals surface area (Å²) in [5, 5.41) is 2.65. The first kappa shape index (κ1) is 22.9. The van der Waals surface area contributed by atoms with E-state index in [1.807, 2.05) is 12.1 Å². The minimum absolute atomic E-state index is 0.107. The molecule has 3 aromatic rings. The number of benzene rings is 3. The minimum Gasteiger partial charge on any atom is -0.452 e. The van der Waals surface area contributed by atoms with Crippen LogP contribution in [0, 0.1) is 0 Å². The summed E-state index contributed by atoms with van der Waals surface area (Å²) >= 11 is 0. The number of rotatable bonds is 8. The van der Waals surface area contributed by atoms with Crippen LogP contribution >= 0.6 is 0 Å². The second-order valence-corrected chi connectivity index (χ2v) is 7.98. The van der Waals surface area contributed by atoms with Gasteiger partial charge in [-0.25, -0.2) is 4.79 Å². The molecule has 2 amide bonds. The maximum atomic E-state index is 12.8. The normalized spacial score (nSPS) is 12.9. The van der Waals surface area contributed by atoms with E-state index >= 15 is 0 Å². The number of nitrogens with zero attached hydrogens (tertiary/aromatic N) is 1. The molecule has 1 aliphatic heterocycles. The molecule has 0 saturated carbocycles. The molecule has 0 bridgehead atoms. The molecule has 0 radical (unpaired) electrons. The van der Waals surface area contributed by atoms with E-state index in [1.165, 1.54) is 0 Å². The lowest BCUT2D eigenvalue weighted by Crippen LogP contribution is -2.24. The fourth-order valence-corrected chi connectivity index (χ4v) is 3.82. The van der Waals surface area contributed by atoms with Gasteiger partial charge in [-0.15, -0.1) is 0 Å². The summed E-state index contributed by atoms with van der Waals surface area (Å²) in [6.07, 6.45) is 1.40. The van der Waals surface area contributed by atoms with Crippen LogP contribution in [0.5, 0.6) is 0 Å². The van der Waals surface area contributed by atoms with Gasteiger partial charge in [0.05, 0.1) is 11.3 Å². The Hall–Kier alpha value is -4.26. The number of anilines is 1. The predicted octanol–water partition coefficient (Wildman–Crippen LogP) is 3.84. The lowest BCUT2D eigenvalue weighted by atomic mass is 10.0. The van der Waals surface area contributed by atoms with Crippen molar-refractivity contribution in [2.45, 2.75) is 19.4 Å². The molecule has 1 aliphatic rings. The van der Waals surface area contributed by atoms with E-state index in [2.05, 4.69) is 5.32 Å². The Bertz CT molecular complexity index is 1220. The Morgan fingerprint density at radius 3 is 2.38 bits per heavy atom. The van der Waals surface area contributed by atoms with Gasteiger partial charge < -0.3 is 15.0 Å². The second kappa shape index (κ2) is 10.6. The standard InChI is InChI=1S/C27H24N2O5/c30-24(28-23-13-5-4-12-22(23)26(32)20-9-2-1-3-10-20)18-34-27(33)21-11-6-8-19(16-21)17-29-15-7-14-25(29)31/h1-6,8-13,16H,7,14-15,17-18H2,(H,28,30). The van der Waals surface area contributed by atoms with E-state index in [-0.39, 0.29) is 11.7 Å². The van der Waals surface area contributed by atoms with Gasteiger partial charge in [0.25, 0.3) is 5.91 Å². The molecule has 0 unspecified atom stereocenters. The van der Waals surface area contributed by atoms with Crippen LogP contribution in [0.1, 0.15) is 44.7 Å². The number of ketones is 1. The molecule has 0 aromatic heterocycles. The van der Waals surface area contributed by atoms with Gasteiger partial charge in [0, 0.05) is 30.6 Å². The van der Waals surface area contributed by atoms with Gasteiger partial charge >= 0.3 is 5.97 Å². The molecule has 0 atom stereocenters. The zero-order valence-corrected chi connectivity index (χ0v) is 18.5. The number of para-hydroxylation sites is 1. The zero-order valence-electron chi connectivity index (χ0n) is 18.5. The SMILES string of the molecule is O=C(COC(=O)c1cccc(CN2CCCC2=O)c1)Nc1ccccc1C(=O)c1ccccc1. The third-order valence-electron chi connectivity index (χ3n) is 5.52. The van der Waals surface area contributed by atoms with Crippen LogP contribution in [0.2, 0.25) is 0 Å². The number of hydrogen-bond donors (Lipinski definition) is 1. The molecular weight excluding hydrogens is 432 g/mol. The number of amides is 2. The van der Waals surface area contributed by atoms with Crippen LogP contribution in [-0.4, -0.2) is 41.6 Å². The van der Waals surface area contributed by atoms with Crippen molar-refractivity contribution < 1.29 is 23.9 Å². The maximum absolute atomic E-state index is 12.8. The third-order valence-corrected chi connectivity index (χ3v) is 5.52. The molecule has 3 aromatic carbocycles. The Morgan fingerprint density at radius 1 is 0.882 bits per heavy atom. The van der Waals surface area contributed by atoms with Crippen molar-refractivity contribution >= 4 is 29.3 Å². The molecule has 0 aliphatic carbocycles.